The zero-order valence-electron chi connectivity index (χ0n) is 10.9. The summed E-state index contributed by atoms with van der Waals surface area (Å²) >= 11 is 3.29. The lowest BCUT2D eigenvalue weighted by Gasteiger charge is -2.14. The summed E-state index contributed by atoms with van der Waals surface area (Å²) in [7, 11) is 0. The van der Waals surface area contributed by atoms with Gasteiger partial charge in [-0.15, -0.1) is 0 Å². The van der Waals surface area contributed by atoms with Gasteiger partial charge in [0, 0.05) is 10.0 Å². The van der Waals surface area contributed by atoms with Gasteiger partial charge in [-0.25, -0.2) is 0 Å². The Bertz CT molecular complexity index is 508. The van der Waals surface area contributed by atoms with Crippen LogP contribution in [0.25, 0.3) is 0 Å². The second-order valence-corrected chi connectivity index (χ2v) is 5.37. The van der Waals surface area contributed by atoms with Gasteiger partial charge in [-0.3, -0.25) is 9.59 Å². The minimum Gasteiger partial charge on any atom is -0.368 e. The highest BCUT2D eigenvalue weighted by molar-refractivity contribution is 9.10. The Morgan fingerprint density at radius 3 is 2.63 bits per heavy atom. The molecule has 0 heterocycles. The van der Waals surface area contributed by atoms with E-state index in [1.807, 2.05) is 26.0 Å². The van der Waals surface area contributed by atoms with Gasteiger partial charge in [0.25, 0.3) is 5.91 Å². The van der Waals surface area contributed by atoms with E-state index in [0.717, 1.165) is 10.0 Å². The third-order valence-corrected chi connectivity index (χ3v) is 2.99. The number of nitrogens with two attached hydrogens (primary N) is 1. The molecule has 3 N–H and O–H groups in total. The molecule has 0 spiro atoms. The second kappa shape index (κ2) is 7.09. The quantitative estimate of drug-likeness (QED) is 0.816. The Balaban J connectivity index is 2.77. The number of hydrogen-bond acceptors (Lipinski definition) is 2. The average Bonchev–Trinajstić information content (AvgIpc) is 2.33. The third-order valence-electron chi connectivity index (χ3n) is 2.50. The van der Waals surface area contributed by atoms with E-state index in [2.05, 4.69) is 21.2 Å². The van der Waals surface area contributed by atoms with Crippen LogP contribution in [0.3, 0.4) is 0 Å². The summed E-state index contributed by atoms with van der Waals surface area (Å²) in [4.78, 5) is 23.3. The minimum absolute atomic E-state index is 0.313. The first kappa shape index (κ1) is 15.4. The highest BCUT2D eigenvalue weighted by Gasteiger charge is 2.17. The van der Waals surface area contributed by atoms with E-state index >= 15 is 0 Å². The summed E-state index contributed by atoms with van der Waals surface area (Å²) in [5.41, 5.74) is 6.84. The lowest BCUT2D eigenvalue weighted by molar-refractivity contribution is -0.119. The van der Waals surface area contributed by atoms with Crippen molar-refractivity contribution in [2.24, 2.45) is 5.73 Å². The fourth-order valence-corrected chi connectivity index (χ4v) is 1.87. The van der Waals surface area contributed by atoms with Crippen LogP contribution in [0.1, 0.15) is 30.6 Å². The molecule has 1 aromatic carbocycles. The van der Waals surface area contributed by atoms with Gasteiger partial charge in [-0.05, 0) is 38.5 Å². The molecule has 0 aliphatic heterocycles. The van der Waals surface area contributed by atoms with Crippen molar-refractivity contribution in [2.45, 2.75) is 26.3 Å². The largest absolute Gasteiger partial charge is 0.368 e. The molecule has 19 heavy (non-hydrogen) atoms. The van der Waals surface area contributed by atoms with E-state index in [9.17, 15) is 9.59 Å². The molecule has 0 bridgehead atoms. The lowest BCUT2D eigenvalue weighted by Crippen LogP contribution is -2.44. The molecule has 4 nitrogen and oxygen atoms in total. The summed E-state index contributed by atoms with van der Waals surface area (Å²) in [6.45, 7) is 3.85. The van der Waals surface area contributed by atoms with Crippen LogP contribution in [-0.2, 0) is 4.79 Å². The van der Waals surface area contributed by atoms with E-state index < -0.39 is 11.9 Å². The van der Waals surface area contributed by atoms with Gasteiger partial charge >= 0.3 is 0 Å². The van der Waals surface area contributed by atoms with Crippen molar-refractivity contribution in [3.63, 3.8) is 0 Å². The Morgan fingerprint density at radius 1 is 1.42 bits per heavy atom. The molecule has 2 amide bonds. The maximum atomic E-state index is 12.0. The number of allylic oxidation sites excluding steroid dienone is 1. The first-order chi connectivity index (χ1) is 8.90. The predicted molar refractivity (Wildman–Crippen MR) is 78.6 cm³/mol. The van der Waals surface area contributed by atoms with Crippen molar-refractivity contribution in [3.05, 3.63) is 46.0 Å². The number of carbonyl (C=O) groups is 2. The zero-order valence-corrected chi connectivity index (χ0v) is 12.5. The second-order valence-electron chi connectivity index (χ2n) is 4.46. The van der Waals surface area contributed by atoms with Gasteiger partial charge in [-0.2, -0.15) is 0 Å². The van der Waals surface area contributed by atoms with Crippen LogP contribution < -0.4 is 11.1 Å². The van der Waals surface area contributed by atoms with E-state index in [1.165, 1.54) is 0 Å². The maximum absolute atomic E-state index is 12.0. The van der Waals surface area contributed by atoms with Crippen LogP contribution >= 0.6 is 15.9 Å². The van der Waals surface area contributed by atoms with E-state index in [1.54, 1.807) is 18.2 Å². The highest BCUT2D eigenvalue weighted by Crippen LogP contribution is 2.12. The fraction of sp³-hybridized carbons (Fsp3) is 0.286. The van der Waals surface area contributed by atoms with Crippen LogP contribution in [0.5, 0.6) is 0 Å². The average molecular weight is 325 g/mol. The molecule has 0 saturated heterocycles. The summed E-state index contributed by atoms with van der Waals surface area (Å²) in [6, 6.07) is 6.26. The molecule has 102 valence electrons. The molecule has 1 rings (SSSR count). The Kier molecular flexibility index (Phi) is 5.76. The number of halogens is 1. The smallest absolute Gasteiger partial charge is 0.251 e. The van der Waals surface area contributed by atoms with Crippen molar-refractivity contribution in [1.29, 1.82) is 0 Å². The van der Waals surface area contributed by atoms with Gasteiger partial charge in [0.05, 0.1) is 0 Å². The number of rotatable bonds is 5. The molecule has 0 aromatic heterocycles. The van der Waals surface area contributed by atoms with Crippen LogP contribution in [-0.4, -0.2) is 17.9 Å². The van der Waals surface area contributed by atoms with Crippen LogP contribution in [0.15, 0.2) is 40.4 Å². The van der Waals surface area contributed by atoms with Crippen molar-refractivity contribution >= 4 is 27.7 Å². The van der Waals surface area contributed by atoms with Crippen molar-refractivity contribution in [1.82, 2.24) is 5.32 Å². The molecular weight excluding hydrogens is 308 g/mol. The normalized spacial score (nSPS) is 11.5. The van der Waals surface area contributed by atoms with Gasteiger partial charge < -0.3 is 11.1 Å². The molecule has 1 atom stereocenters. The summed E-state index contributed by atoms with van der Waals surface area (Å²) in [6.07, 6.45) is 2.27. The van der Waals surface area contributed by atoms with E-state index in [-0.39, 0.29) is 5.91 Å². The molecule has 0 fully saturated rings. The van der Waals surface area contributed by atoms with Gasteiger partial charge in [0.1, 0.15) is 6.04 Å². The van der Waals surface area contributed by atoms with Crippen molar-refractivity contribution in [2.75, 3.05) is 0 Å². The lowest BCUT2D eigenvalue weighted by atomic mass is 10.1. The third kappa shape index (κ3) is 5.26. The summed E-state index contributed by atoms with van der Waals surface area (Å²) < 4.78 is 0.806. The topological polar surface area (TPSA) is 72.2 Å². The maximum Gasteiger partial charge on any atom is 0.251 e. The monoisotopic (exact) mass is 324 g/mol. The summed E-state index contributed by atoms with van der Waals surface area (Å²) in [5.74, 6) is -0.854. The molecule has 0 radical (unpaired) electrons. The standard InChI is InChI=1S/C14H17BrN2O2/c1-9(2)6-7-12(13(16)18)17-14(19)10-4-3-5-11(15)8-10/h3-6,8,12H,7H2,1-2H3,(H2,16,18)(H,17,19)/t12-/m1/s1. The Labute approximate surface area is 121 Å². The first-order valence-electron chi connectivity index (χ1n) is 5.89. The molecular formula is C14H17BrN2O2. The number of hydrogen-bond donors (Lipinski definition) is 2. The molecule has 0 aliphatic rings. The minimum atomic E-state index is -0.693. The number of benzene rings is 1. The molecule has 1 aromatic rings. The Hall–Kier alpha value is -1.62. The van der Waals surface area contributed by atoms with Crippen molar-refractivity contribution in [3.8, 4) is 0 Å². The summed E-state index contributed by atoms with van der Waals surface area (Å²) in [5, 5.41) is 2.64. The molecule has 0 unspecified atom stereocenters. The number of primary amides is 1. The SMILES string of the molecule is CC(C)=CC[C@@H](NC(=O)c1cccc(Br)c1)C(N)=O. The zero-order chi connectivity index (χ0) is 14.4. The van der Waals surface area contributed by atoms with E-state index in [0.29, 0.717) is 12.0 Å². The van der Waals surface area contributed by atoms with Gasteiger partial charge in [0.15, 0.2) is 0 Å². The Morgan fingerprint density at radius 2 is 2.11 bits per heavy atom. The van der Waals surface area contributed by atoms with E-state index in [4.69, 9.17) is 5.73 Å². The van der Waals surface area contributed by atoms with Crippen LogP contribution in [0.2, 0.25) is 0 Å². The van der Waals surface area contributed by atoms with Crippen LogP contribution in [0.4, 0.5) is 0 Å². The highest BCUT2D eigenvalue weighted by atomic mass is 79.9. The van der Waals surface area contributed by atoms with Crippen molar-refractivity contribution < 1.29 is 9.59 Å². The van der Waals surface area contributed by atoms with Crippen LogP contribution in [0, 0.1) is 0 Å². The molecule has 0 saturated carbocycles. The molecule has 5 heteroatoms. The van der Waals surface area contributed by atoms with Gasteiger partial charge in [0.2, 0.25) is 5.91 Å². The molecule has 0 aliphatic carbocycles. The fourth-order valence-electron chi connectivity index (χ4n) is 1.47. The first-order valence-corrected chi connectivity index (χ1v) is 6.68. The predicted octanol–water partition coefficient (Wildman–Crippen LogP) is 2.39. The number of carbonyl (C=O) groups excluding carboxylic acids is 2. The number of amides is 2. The number of nitrogens with one attached hydrogen (secondary N) is 1. The van der Waals surface area contributed by atoms with Gasteiger partial charge in [-0.1, -0.05) is 33.6 Å².